The normalized spacial score (nSPS) is 18.0. The molecule has 0 radical (unpaired) electrons. The van der Waals surface area contributed by atoms with Crippen LogP contribution in [0.15, 0.2) is 59.6 Å². The second-order valence-corrected chi connectivity index (χ2v) is 7.33. The van der Waals surface area contributed by atoms with Crippen LogP contribution < -0.4 is 10.6 Å². The molecule has 1 atom stereocenters. The van der Waals surface area contributed by atoms with E-state index in [0.29, 0.717) is 11.7 Å². The highest BCUT2D eigenvalue weighted by Gasteiger charge is 2.31. The van der Waals surface area contributed by atoms with Crippen molar-refractivity contribution >= 4 is 34.4 Å². The van der Waals surface area contributed by atoms with Crippen molar-refractivity contribution in [3.05, 3.63) is 65.7 Å². The van der Waals surface area contributed by atoms with E-state index >= 15 is 0 Å². The maximum Gasteiger partial charge on any atom is 0.240 e. The zero-order valence-electron chi connectivity index (χ0n) is 14.6. The number of thioether (sulfide) groups is 1. The highest BCUT2D eigenvalue weighted by atomic mass is 32.2. The van der Waals surface area contributed by atoms with Gasteiger partial charge < -0.3 is 10.6 Å². The maximum absolute atomic E-state index is 12.2. The van der Waals surface area contributed by atoms with Crippen molar-refractivity contribution in [1.29, 1.82) is 0 Å². The first kappa shape index (κ1) is 18.2. The molecular formula is C20H21N3O2S. The fourth-order valence-corrected chi connectivity index (χ4v) is 3.56. The van der Waals surface area contributed by atoms with Gasteiger partial charge in [-0.3, -0.25) is 14.6 Å². The van der Waals surface area contributed by atoms with Crippen LogP contribution >= 0.6 is 11.8 Å². The minimum Gasteiger partial charge on any atom is -0.326 e. The standard InChI is InChI=1S/C20H21N3O2S/c1-14-7-9-16(10-8-14)22-18(24)13-17-19(25)23-20(26-17)21-12-11-15-5-3-2-4-6-15/h2-10,17H,11-13H2,1H3,(H,22,24)(H,21,23,25). The number of aliphatic imine (C=N–C) groups is 1. The first-order valence-corrected chi connectivity index (χ1v) is 9.40. The third-order valence-corrected chi connectivity index (χ3v) is 5.10. The predicted molar refractivity (Wildman–Crippen MR) is 106 cm³/mol. The Morgan fingerprint density at radius 1 is 1.15 bits per heavy atom. The van der Waals surface area contributed by atoms with E-state index in [-0.39, 0.29) is 18.2 Å². The van der Waals surface area contributed by atoms with Gasteiger partial charge in [-0.15, -0.1) is 0 Å². The number of nitrogens with one attached hydrogen (secondary N) is 2. The van der Waals surface area contributed by atoms with Gasteiger partial charge in [0.1, 0.15) is 5.25 Å². The van der Waals surface area contributed by atoms with Gasteiger partial charge in [-0.1, -0.05) is 59.8 Å². The molecule has 134 valence electrons. The molecule has 5 nitrogen and oxygen atoms in total. The molecule has 1 saturated heterocycles. The van der Waals surface area contributed by atoms with E-state index in [1.807, 2.05) is 49.4 Å². The average Bonchev–Trinajstić information content (AvgIpc) is 2.97. The van der Waals surface area contributed by atoms with E-state index < -0.39 is 5.25 Å². The summed E-state index contributed by atoms with van der Waals surface area (Å²) >= 11 is 1.32. The number of carbonyl (C=O) groups is 2. The lowest BCUT2D eigenvalue weighted by Crippen LogP contribution is -2.28. The van der Waals surface area contributed by atoms with Crippen molar-refractivity contribution in [2.45, 2.75) is 25.0 Å². The molecule has 26 heavy (non-hydrogen) atoms. The molecule has 1 fully saturated rings. The molecule has 2 aromatic carbocycles. The molecule has 1 heterocycles. The van der Waals surface area contributed by atoms with E-state index in [2.05, 4.69) is 27.8 Å². The van der Waals surface area contributed by atoms with Gasteiger partial charge in [0.2, 0.25) is 11.8 Å². The summed E-state index contributed by atoms with van der Waals surface area (Å²) in [5.74, 6) is -0.334. The molecular weight excluding hydrogens is 346 g/mol. The van der Waals surface area contributed by atoms with Crippen LogP contribution in [-0.2, 0) is 16.0 Å². The predicted octanol–water partition coefficient (Wildman–Crippen LogP) is 3.15. The summed E-state index contributed by atoms with van der Waals surface area (Å²) in [4.78, 5) is 28.7. The van der Waals surface area contributed by atoms with Gasteiger partial charge in [0.05, 0.1) is 0 Å². The van der Waals surface area contributed by atoms with Gasteiger partial charge >= 0.3 is 0 Å². The van der Waals surface area contributed by atoms with Gasteiger partial charge in [0.25, 0.3) is 0 Å². The Kier molecular flexibility index (Phi) is 6.07. The number of hydrogen-bond donors (Lipinski definition) is 2. The van der Waals surface area contributed by atoms with Crippen LogP contribution in [0.3, 0.4) is 0 Å². The van der Waals surface area contributed by atoms with Crippen LogP contribution in [0.1, 0.15) is 17.5 Å². The molecule has 2 amide bonds. The third-order valence-electron chi connectivity index (χ3n) is 3.98. The summed E-state index contributed by atoms with van der Waals surface area (Å²) in [6, 6.07) is 17.7. The van der Waals surface area contributed by atoms with Gasteiger partial charge in [-0.2, -0.15) is 0 Å². The molecule has 3 rings (SSSR count). The fraction of sp³-hybridized carbons (Fsp3) is 0.250. The lowest BCUT2D eigenvalue weighted by atomic mass is 10.2. The Labute approximate surface area is 157 Å². The molecule has 0 saturated carbocycles. The minimum absolute atomic E-state index is 0.127. The van der Waals surface area contributed by atoms with Gasteiger partial charge in [0.15, 0.2) is 5.17 Å². The van der Waals surface area contributed by atoms with Crippen LogP contribution in [-0.4, -0.2) is 28.8 Å². The number of nitrogens with zero attached hydrogens (tertiary/aromatic N) is 1. The zero-order valence-corrected chi connectivity index (χ0v) is 15.4. The van der Waals surface area contributed by atoms with E-state index in [1.54, 1.807) is 0 Å². The number of anilines is 1. The number of aryl methyl sites for hydroxylation is 1. The number of benzene rings is 2. The summed E-state index contributed by atoms with van der Waals surface area (Å²) in [6.07, 6.45) is 0.946. The van der Waals surface area contributed by atoms with Crippen molar-refractivity contribution in [3.8, 4) is 0 Å². The lowest BCUT2D eigenvalue weighted by Gasteiger charge is -2.07. The molecule has 0 bridgehead atoms. The zero-order chi connectivity index (χ0) is 18.4. The van der Waals surface area contributed by atoms with Gasteiger partial charge in [-0.25, -0.2) is 0 Å². The van der Waals surface area contributed by atoms with E-state index in [0.717, 1.165) is 17.7 Å². The summed E-state index contributed by atoms with van der Waals surface area (Å²) < 4.78 is 0. The Bertz CT molecular complexity index is 804. The van der Waals surface area contributed by atoms with Gasteiger partial charge in [-0.05, 0) is 31.0 Å². The topological polar surface area (TPSA) is 70.6 Å². The molecule has 2 aromatic rings. The van der Waals surface area contributed by atoms with E-state index in [4.69, 9.17) is 0 Å². The number of rotatable bonds is 6. The molecule has 0 aliphatic carbocycles. The molecule has 2 N–H and O–H groups in total. The first-order chi connectivity index (χ1) is 12.6. The van der Waals surface area contributed by atoms with Crippen molar-refractivity contribution in [2.75, 3.05) is 11.9 Å². The number of hydrogen-bond acceptors (Lipinski definition) is 4. The fourth-order valence-electron chi connectivity index (χ4n) is 2.56. The molecule has 1 aliphatic heterocycles. The van der Waals surface area contributed by atoms with Crippen molar-refractivity contribution < 1.29 is 9.59 Å². The first-order valence-electron chi connectivity index (χ1n) is 8.52. The average molecular weight is 367 g/mol. The molecule has 0 spiro atoms. The Morgan fingerprint density at radius 3 is 2.62 bits per heavy atom. The third kappa shape index (κ3) is 5.20. The van der Waals surface area contributed by atoms with Gasteiger partial charge in [0, 0.05) is 18.7 Å². The highest BCUT2D eigenvalue weighted by Crippen LogP contribution is 2.23. The highest BCUT2D eigenvalue weighted by molar-refractivity contribution is 8.15. The molecule has 1 unspecified atom stereocenters. The van der Waals surface area contributed by atoms with Crippen LogP contribution in [0.4, 0.5) is 5.69 Å². The number of amides is 2. The largest absolute Gasteiger partial charge is 0.326 e. The summed E-state index contributed by atoms with van der Waals surface area (Å²) in [5, 5.41) is 5.75. The van der Waals surface area contributed by atoms with Crippen LogP contribution in [0.25, 0.3) is 0 Å². The monoisotopic (exact) mass is 367 g/mol. The maximum atomic E-state index is 12.2. The molecule has 0 aromatic heterocycles. The summed E-state index contributed by atoms with van der Waals surface area (Å²) in [7, 11) is 0. The van der Waals surface area contributed by atoms with E-state index in [1.165, 1.54) is 17.3 Å². The Morgan fingerprint density at radius 2 is 1.88 bits per heavy atom. The Balaban J connectivity index is 1.48. The van der Waals surface area contributed by atoms with Crippen molar-refractivity contribution in [2.24, 2.45) is 4.99 Å². The second kappa shape index (κ2) is 8.67. The molecule has 6 heteroatoms. The number of carbonyl (C=O) groups excluding carboxylic acids is 2. The SMILES string of the molecule is Cc1ccc(NC(=O)CC2SC(=NCCc3ccccc3)NC2=O)cc1. The number of amidine groups is 1. The minimum atomic E-state index is -0.434. The van der Waals surface area contributed by atoms with Crippen molar-refractivity contribution in [1.82, 2.24) is 5.32 Å². The van der Waals surface area contributed by atoms with Crippen LogP contribution in [0.5, 0.6) is 0 Å². The summed E-state index contributed by atoms with van der Waals surface area (Å²) in [6.45, 7) is 2.60. The smallest absolute Gasteiger partial charge is 0.240 e. The second-order valence-electron chi connectivity index (χ2n) is 6.14. The van der Waals surface area contributed by atoms with Crippen molar-refractivity contribution in [3.63, 3.8) is 0 Å². The van der Waals surface area contributed by atoms with Crippen LogP contribution in [0.2, 0.25) is 0 Å². The van der Waals surface area contributed by atoms with E-state index in [9.17, 15) is 9.59 Å². The van der Waals surface area contributed by atoms with Crippen LogP contribution in [0, 0.1) is 6.92 Å². The quantitative estimate of drug-likeness (QED) is 0.824. The molecule has 1 aliphatic rings. The Hall–Kier alpha value is -2.60. The lowest BCUT2D eigenvalue weighted by molar-refractivity contribution is -0.122. The summed E-state index contributed by atoms with van der Waals surface area (Å²) in [5.41, 5.74) is 3.08.